The standard InChI is InChI=1S/C14H19N3S/c1-2-13-5-6-14(18-13)9-12(17-15)8-11-4-3-7-16-10-11/h3-7,10,12,17H,2,8-9,15H2,1H3. The van der Waals surface area contributed by atoms with Gasteiger partial charge in [-0.05, 0) is 43.0 Å². The number of hydrogen-bond acceptors (Lipinski definition) is 4. The van der Waals surface area contributed by atoms with E-state index in [9.17, 15) is 0 Å². The summed E-state index contributed by atoms with van der Waals surface area (Å²) in [6, 6.07) is 8.72. The number of nitrogens with one attached hydrogen (secondary N) is 1. The van der Waals surface area contributed by atoms with Crippen LogP contribution < -0.4 is 11.3 Å². The summed E-state index contributed by atoms with van der Waals surface area (Å²) < 4.78 is 0. The fourth-order valence-corrected chi connectivity index (χ4v) is 3.00. The first-order valence-corrected chi connectivity index (χ1v) is 7.06. The summed E-state index contributed by atoms with van der Waals surface area (Å²) in [7, 11) is 0. The monoisotopic (exact) mass is 261 g/mol. The molecule has 0 saturated carbocycles. The molecule has 18 heavy (non-hydrogen) atoms. The van der Waals surface area contributed by atoms with Crippen molar-refractivity contribution in [1.82, 2.24) is 10.4 Å². The Morgan fingerprint density at radius 3 is 2.72 bits per heavy atom. The first-order valence-electron chi connectivity index (χ1n) is 6.24. The number of hydrazine groups is 1. The van der Waals surface area contributed by atoms with E-state index in [1.165, 1.54) is 15.3 Å². The molecule has 0 saturated heterocycles. The Kier molecular flexibility index (Phi) is 4.87. The number of nitrogens with two attached hydrogens (primary N) is 1. The molecular formula is C14H19N3S. The van der Waals surface area contributed by atoms with E-state index in [0.717, 1.165) is 19.3 Å². The SMILES string of the molecule is CCc1ccc(CC(Cc2cccnc2)NN)s1. The van der Waals surface area contributed by atoms with E-state index in [0.29, 0.717) is 0 Å². The van der Waals surface area contributed by atoms with Crippen molar-refractivity contribution >= 4 is 11.3 Å². The Labute approximate surface area is 112 Å². The van der Waals surface area contributed by atoms with Gasteiger partial charge in [0.15, 0.2) is 0 Å². The van der Waals surface area contributed by atoms with Gasteiger partial charge in [0, 0.05) is 28.2 Å². The molecule has 2 heterocycles. The van der Waals surface area contributed by atoms with E-state index in [1.54, 1.807) is 6.20 Å². The van der Waals surface area contributed by atoms with Gasteiger partial charge in [0.1, 0.15) is 0 Å². The lowest BCUT2D eigenvalue weighted by atomic mass is 10.0. The van der Waals surface area contributed by atoms with Crippen molar-refractivity contribution in [2.24, 2.45) is 5.84 Å². The lowest BCUT2D eigenvalue weighted by Crippen LogP contribution is -2.38. The van der Waals surface area contributed by atoms with Crippen LogP contribution in [0.4, 0.5) is 0 Å². The van der Waals surface area contributed by atoms with Crippen molar-refractivity contribution in [3.05, 3.63) is 52.0 Å². The molecule has 4 heteroatoms. The van der Waals surface area contributed by atoms with Gasteiger partial charge < -0.3 is 0 Å². The molecule has 0 radical (unpaired) electrons. The van der Waals surface area contributed by atoms with E-state index in [1.807, 2.05) is 23.6 Å². The number of thiophene rings is 1. The largest absolute Gasteiger partial charge is 0.271 e. The molecule has 0 aliphatic rings. The zero-order valence-electron chi connectivity index (χ0n) is 10.6. The summed E-state index contributed by atoms with van der Waals surface area (Å²) in [6.07, 6.45) is 6.67. The summed E-state index contributed by atoms with van der Waals surface area (Å²) in [6.45, 7) is 2.18. The van der Waals surface area contributed by atoms with Crippen LogP contribution in [-0.4, -0.2) is 11.0 Å². The van der Waals surface area contributed by atoms with Crippen molar-refractivity contribution in [1.29, 1.82) is 0 Å². The normalized spacial score (nSPS) is 12.6. The van der Waals surface area contributed by atoms with Gasteiger partial charge in [-0.3, -0.25) is 16.3 Å². The van der Waals surface area contributed by atoms with E-state index < -0.39 is 0 Å². The van der Waals surface area contributed by atoms with Crippen molar-refractivity contribution in [2.75, 3.05) is 0 Å². The third kappa shape index (κ3) is 3.63. The second-order valence-electron chi connectivity index (χ2n) is 4.35. The molecule has 0 amide bonds. The number of nitrogens with zero attached hydrogens (tertiary/aromatic N) is 1. The van der Waals surface area contributed by atoms with Gasteiger partial charge in [-0.25, -0.2) is 0 Å². The molecule has 2 aromatic heterocycles. The van der Waals surface area contributed by atoms with E-state index in [-0.39, 0.29) is 6.04 Å². The minimum absolute atomic E-state index is 0.262. The lowest BCUT2D eigenvalue weighted by molar-refractivity contribution is 0.525. The van der Waals surface area contributed by atoms with Crippen LogP contribution in [0.25, 0.3) is 0 Å². The summed E-state index contributed by atoms with van der Waals surface area (Å²) in [5, 5.41) is 0. The Balaban J connectivity index is 1.97. The number of aromatic nitrogens is 1. The zero-order valence-corrected chi connectivity index (χ0v) is 11.4. The molecule has 0 fully saturated rings. The Bertz CT molecular complexity index is 467. The van der Waals surface area contributed by atoms with Gasteiger partial charge in [0.05, 0.1) is 0 Å². The van der Waals surface area contributed by atoms with Gasteiger partial charge >= 0.3 is 0 Å². The van der Waals surface area contributed by atoms with Gasteiger partial charge in [-0.15, -0.1) is 11.3 Å². The fraction of sp³-hybridized carbons (Fsp3) is 0.357. The van der Waals surface area contributed by atoms with E-state index in [2.05, 4.69) is 35.5 Å². The molecule has 3 N–H and O–H groups in total. The minimum atomic E-state index is 0.262. The smallest absolute Gasteiger partial charge is 0.0300 e. The van der Waals surface area contributed by atoms with Crippen molar-refractivity contribution in [2.45, 2.75) is 32.2 Å². The first-order chi connectivity index (χ1) is 8.81. The molecule has 0 aliphatic heterocycles. The summed E-state index contributed by atoms with van der Waals surface area (Å²) >= 11 is 1.88. The lowest BCUT2D eigenvalue weighted by Gasteiger charge is -2.14. The Morgan fingerprint density at radius 1 is 1.28 bits per heavy atom. The quantitative estimate of drug-likeness (QED) is 0.620. The third-order valence-corrected chi connectivity index (χ3v) is 4.21. The highest BCUT2D eigenvalue weighted by Gasteiger charge is 2.10. The van der Waals surface area contributed by atoms with Crippen LogP contribution >= 0.6 is 11.3 Å². The maximum absolute atomic E-state index is 5.64. The van der Waals surface area contributed by atoms with Crippen LogP contribution in [0.2, 0.25) is 0 Å². The Morgan fingerprint density at radius 2 is 2.11 bits per heavy atom. The van der Waals surface area contributed by atoms with Crippen molar-refractivity contribution in [3.8, 4) is 0 Å². The molecule has 1 unspecified atom stereocenters. The van der Waals surface area contributed by atoms with Gasteiger partial charge in [-0.2, -0.15) is 0 Å². The highest BCUT2D eigenvalue weighted by molar-refractivity contribution is 7.11. The maximum Gasteiger partial charge on any atom is 0.0300 e. The molecule has 3 nitrogen and oxygen atoms in total. The van der Waals surface area contributed by atoms with Crippen LogP contribution in [-0.2, 0) is 19.3 Å². The summed E-state index contributed by atoms with van der Waals surface area (Å²) in [5.74, 6) is 5.64. The second-order valence-corrected chi connectivity index (χ2v) is 5.61. The number of hydrogen-bond donors (Lipinski definition) is 2. The first kappa shape index (κ1) is 13.2. The van der Waals surface area contributed by atoms with Gasteiger partial charge in [-0.1, -0.05) is 13.0 Å². The van der Waals surface area contributed by atoms with Crippen LogP contribution in [0.1, 0.15) is 22.2 Å². The molecule has 2 rings (SSSR count). The summed E-state index contributed by atoms with van der Waals surface area (Å²) in [4.78, 5) is 6.95. The fourth-order valence-electron chi connectivity index (χ4n) is 1.96. The van der Waals surface area contributed by atoms with Crippen molar-refractivity contribution < 1.29 is 0 Å². The highest BCUT2D eigenvalue weighted by Crippen LogP contribution is 2.19. The molecule has 96 valence electrons. The average molecular weight is 261 g/mol. The minimum Gasteiger partial charge on any atom is -0.271 e. The number of aryl methyl sites for hydroxylation is 1. The Hall–Kier alpha value is -1.23. The van der Waals surface area contributed by atoms with E-state index >= 15 is 0 Å². The maximum atomic E-state index is 5.64. The molecule has 2 aromatic rings. The predicted octanol–water partition coefficient (Wildman–Crippen LogP) is 2.32. The second kappa shape index (κ2) is 6.64. The average Bonchev–Trinajstić information content (AvgIpc) is 2.87. The molecule has 1 atom stereocenters. The molecule has 0 spiro atoms. The van der Waals surface area contributed by atoms with E-state index in [4.69, 9.17) is 5.84 Å². The van der Waals surface area contributed by atoms with Crippen LogP contribution in [0.5, 0.6) is 0 Å². The summed E-state index contributed by atoms with van der Waals surface area (Å²) in [5.41, 5.74) is 4.12. The van der Waals surface area contributed by atoms with Crippen LogP contribution in [0.3, 0.4) is 0 Å². The van der Waals surface area contributed by atoms with Crippen molar-refractivity contribution in [3.63, 3.8) is 0 Å². The number of pyridine rings is 1. The molecular weight excluding hydrogens is 242 g/mol. The zero-order chi connectivity index (χ0) is 12.8. The topological polar surface area (TPSA) is 50.9 Å². The molecule has 0 aliphatic carbocycles. The number of rotatable bonds is 6. The van der Waals surface area contributed by atoms with Gasteiger partial charge in [0.25, 0.3) is 0 Å². The van der Waals surface area contributed by atoms with Gasteiger partial charge in [0.2, 0.25) is 0 Å². The van der Waals surface area contributed by atoms with Crippen LogP contribution in [0, 0.1) is 0 Å². The third-order valence-electron chi connectivity index (χ3n) is 2.95. The molecule has 0 aromatic carbocycles. The predicted molar refractivity (Wildman–Crippen MR) is 76.5 cm³/mol. The van der Waals surface area contributed by atoms with Crippen LogP contribution in [0.15, 0.2) is 36.7 Å². The highest BCUT2D eigenvalue weighted by atomic mass is 32.1. The molecule has 0 bridgehead atoms.